The van der Waals surface area contributed by atoms with Crippen molar-refractivity contribution < 1.29 is 9.53 Å². The van der Waals surface area contributed by atoms with Gasteiger partial charge >= 0.3 is 6.09 Å². The summed E-state index contributed by atoms with van der Waals surface area (Å²) in [6.07, 6.45) is 1.06. The number of nitrogens with zero attached hydrogens (tertiary/aromatic N) is 5. The van der Waals surface area contributed by atoms with Crippen molar-refractivity contribution in [3.63, 3.8) is 0 Å². The molecule has 0 spiro atoms. The lowest BCUT2D eigenvalue weighted by atomic mass is 10.2. The van der Waals surface area contributed by atoms with Crippen molar-refractivity contribution >= 4 is 23.2 Å². The summed E-state index contributed by atoms with van der Waals surface area (Å²) in [5, 5.41) is 0. The van der Waals surface area contributed by atoms with E-state index in [2.05, 4.69) is 19.9 Å². The predicted molar refractivity (Wildman–Crippen MR) is 114 cm³/mol. The highest BCUT2D eigenvalue weighted by atomic mass is 16.6. The monoisotopic (exact) mass is 410 g/mol. The van der Waals surface area contributed by atoms with Crippen molar-refractivity contribution in [3.05, 3.63) is 52.6 Å². The number of H-pyrrole nitrogens is 1. The summed E-state index contributed by atoms with van der Waals surface area (Å²) in [6, 6.07) is 9.92. The summed E-state index contributed by atoms with van der Waals surface area (Å²) < 4.78 is 7.38. The van der Waals surface area contributed by atoms with Gasteiger partial charge in [0.15, 0.2) is 11.2 Å². The Kier molecular flexibility index (Phi) is 5.19. The Bertz CT molecular complexity index is 1090. The average molecular weight is 410 g/mol. The van der Waals surface area contributed by atoms with Crippen LogP contribution in [-0.2, 0) is 11.3 Å². The lowest BCUT2D eigenvalue weighted by Gasteiger charge is -2.36. The van der Waals surface area contributed by atoms with Gasteiger partial charge in [-0.2, -0.15) is 4.98 Å². The first-order chi connectivity index (χ1) is 14.3. The molecule has 0 aliphatic carbocycles. The number of hydrogen-bond donors (Lipinski definition) is 1. The molecule has 9 heteroatoms. The number of carbonyl (C=O) groups is 1. The van der Waals surface area contributed by atoms with Gasteiger partial charge in [0, 0.05) is 26.2 Å². The minimum Gasteiger partial charge on any atom is -0.444 e. The molecule has 0 saturated carbocycles. The summed E-state index contributed by atoms with van der Waals surface area (Å²) >= 11 is 0. The van der Waals surface area contributed by atoms with Crippen molar-refractivity contribution in [3.8, 4) is 0 Å². The third-order valence-corrected chi connectivity index (χ3v) is 4.92. The fraction of sp³-hybridized carbons (Fsp3) is 0.429. The molecule has 1 N–H and O–H groups in total. The van der Waals surface area contributed by atoms with E-state index in [4.69, 9.17) is 4.74 Å². The number of amides is 1. The van der Waals surface area contributed by atoms with Crippen LogP contribution in [0.3, 0.4) is 0 Å². The highest BCUT2D eigenvalue weighted by Crippen LogP contribution is 2.22. The summed E-state index contributed by atoms with van der Waals surface area (Å²) in [5.41, 5.74) is 1.19. The third-order valence-electron chi connectivity index (χ3n) is 4.92. The minimum atomic E-state index is -0.523. The fourth-order valence-corrected chi connectivity index (χ4v) is 3.54. The van der Waals surface area contributed by atoms with Gasteiger partial charge in [0.25, 0.3) is 5.56 Å². The number of ether oxygens (including phenoxy) is 1. The quantitative estimate of drug-likeness (QED) is 0.711. The van der Waals surface area contributed by atoms with E-state index in [0.29, 0.717) is 49.8 Å². The molecule has 30 heavy (non-hydrogen) atoms. The van der Waals surface area contributed by atoms with Crippen molar-refractivity contribution in [1.29, 1.82) is 0 Å². The molecule has 9 nitrogen and oxygen atoms in total. The first-order valence-electron chi connectivity index (χ1n) is 10.0. The Morgan fingerprint density at radius 1 is 1.13 bits per heavy atom. The number of aromatic amines is 1. The van der Waals surface area contributed by atoms with E-state index >= 15 is 0 Å². The average Bonchev–Trinajstić information content (AvgIpc) is 3.07. The number of benzene rings is 1. The number of imidazole rings is 1. The first-order valence-corrected chi connectivity index (χ1v) is 10.0. The molecule has 0 bridgehead atoms. The lowest BCUT2D eigenvalue weighted by molar-refractivity contribution is 0.0240. The highest BCUT2D eigenvalue weighted by molar-refractivity contribution is 5.74. The van der Waals surface area contributed by atoms with Gasteiger partial charge in [-0.1, -0.05) is 30.3 Å². The fourth-order valence-electron chi connectivity index (χ4n) is 3.54. The van der Waals surface area contributed by atoms with E-state index in [9.17, 15) is 9.59 Å². The number of carbonyl (C=O) groups excluding carboxylic acids is 1. The zero-order chi connectivity index (χ0) is 21.3. The van der Waals surface area contributed by atoms with Crippen LogP contribution in [0.4, 0.5) is 10.7 Å². The molecule has 1 fully saturated rings. The number of hydrogen-bond acceptors (Lipinski definition) is 6. The normalized spacial score (nSPS) is 14.9. The summed E-state index contributed by atoms with van der Waals surface area (Å²) in [7, 11) is 0. The largest absolute Gasteiger partial charge is 0.444 e. The lowest BCUT2D eigenvalue weighted by Crippen LogP contribution is -2.50. The van der Waals surface area contributed by atoms with Gasteiger partial charge in [-0.3, -0.25) is 9.36 Å². The molecule has 0 unspecified atom stereocenters. The standard InChI is InChI=1S/C21H26N6O3/c1-21(2,3)30-20(29)26-11-9-25(10-12-26)19-24-17-16(18(28)23-14-22-17)27(19)13-15-7-5-4-6-8-15/h4-8,14H,9-13H2,1-3H3,(H,22,23,28). The van der Waals surface area contributed by atoms with Gasteiger partial charge in [-0.05, 0) is 26.3 Å². The van der Waals surface area contributed by atoms with Crippen molar-refractivity contribution in [1.82, 2.24) is 24.4 Å². The molecular formula is C21H26N6O3. The Morgan fingerprint density at radius 2 is 1.83 bits per heavy atom. The maximum Gasteiger partial charge on any atom is 0.410 e. The molecule has 4 rings (SSSR count). The molecular weight excluding hydrogens is 384 g/mol. The molecule has 1 aliphatic heterocycles. The van der Waals surface area contributed by atoms with Crippen LogP contribution in [0.2, 0.25) is 0 Å². The van der Waals surface area contributed by atoms with Crippen LogP contribution in [-0.4, -0.2) is 62.3 Å². The molecule has 1 aromatic carbocycles. The van der Waals surface area contributed by atoms with Gasteiger partial charge < -0.3 is 19.5 Å². The van der Waals surface area contributed by atoms with Crippen LogP contribution in [0.1, 0.15) is 26.3 Å². The molecule has 2 aromatic heterocycles. The Labute approximate surface area is 174 Å². The number of nitrogens with one attached hydrogen (secondary N) is 1. The zero-order valence-electron chi connectivity index (χ0n) is 17.5. The van der Waals surface area contributed by atoms with E-state index in [1.807, 2.05) is 55.7 Å². The van der Waals surface area contributed by atoms with E-state index in [0.717, 1.165) is 5.56 Å². The zero-order valence-corrected chi connectivity index (χ0v) is 17.5. The molecule has 1 aliphatic rings. The minimum absolute atomic E-state index is 0.220. The Balaban J connectivity index is 1.60. The van der Waals surface area contributed by atoms with E-state index in [1.54, 1.807) is 4.90 Å². The Morgan fingerprint density at radius 3 is 2.50 bits per heavy atom. The second kappa shape index (κ2) is 7.81. The maximum atomic E-state index is 12.5. The van der Waals surface area contributed by atoms with Gasteiger partial charge in [0.2, 0.25) is 5.95 Å². The second-order valence-corrected chi connectivity index (χ2v) is 8.34. The van der Waals surface area contributed by atoms with Gasteiger partial charge in [-0.15, -0.1) is 0 Å². The van der Waals surface area contributed by atoms with Crippen molar-refractivity contribution in [2.24, 2.45) is 0 Å². The molecule has 158 valence electrons. The van der Waals surface area contributed by atoms with E-state index in [-0.39, 0.29) is 11.7 Å². The van der Waals surface area contributed by atoms with Crippen LogP contribution in [0.15, 0.2) is 41.5 Å². The van der Waals surface area contributed by atoms with Crippen LogP contribution in [0, 0.1) is 0 Å². The molecule has 0 radical (unpaired) electrons. The summed E-state index contributed by atoms with van der Waals surface area (Å²) in [6.45, 7) is 8.31. The first kappa shape index (κ1) is 19.9. The number of fused-ring (bicyclic) bond motifs is 1. The SMILES string of the molecule is CC(C)(C)OC(=O)N1CCN(c2nc3nc[nH]c(=O)c3n2Cc2ccccc2)CC1. The number of anilines is 1. The van der Waals surface area contributed by atoms with Gasteiger partial charge in [0.05, 0.1) is 12.9 Å². The van der Waals surface area contributed by atoms with Crippen molar-refractivity contribution in [2.45, 2.75) is 32.9 Å². The smallest absolute Gasteiger partial charge is 0.410 e. The van der Waals surface area contributed by atoms with Gasteiger partial charge in [0.1, 0.15) is 5.60 Å². The maximum absolute atomic E-state index is 12.5. The van der Waals surface area contributed by atoms with E-state index < -0.39 is 5.60 Å². The number of aromatic nitrogens is 4. The third kappa shape index (κ3) is 4.14. The second-order valence-electron chi connectivity index (χ2n) is 8.34. The highest BCUT2D eigenvalue weighted by Gasteiger charge is 2.28. The molecule has 0 atom stereocenters. The number of piperazine rings is 1. The van der Waals surface area contributed by atoms with Crippen molar-refractivity contribution in [2.75, 3.05) is 31.1 Å². The van der Waals surface area contributed by atoms with Crippen LogP contribution >= 0.6 is 0 Å². The van der Waals surface area contributed by atoms with Crippen LogP contribution < -0.4 is 10.5 Å². The van der Waals surface area contributed by atoms with Gasteiger partial charge in [-0.25, -0.2) is 9.78 Å². The topological polar surface area (TPSA) is 96.3 Å². The Hall–Kier alpha value is -3.36. The van der Waals surface area contributed by atoms with E-state index in [1.165, 1.54) is 6.33 Å². The summed E-state index contributed by atoms with van der Waals surface area (Å²) in [4.78, 5) is 40.2. The predicted octanol–water partition coefficient (Wildman–Crippen LogP) is 2.23. The molecule has 3 heterocycles. The molecule has 3 aromatic rings. The molecule has 1 amide bonds. The summed E-state index contributed by atoms with van der Waals surface area (Å²) in [5.74, 6) is 0.682. The molecule has 1 saturated heterocycles. The van der Waals surface area contributed by atoms with Crippen LogP contribution in [0.25, 0.3) is 11.2 Å². The van der Waals surface area contributed by atoms with Crippen LogP contribution in [0.5, 0.6) is 0 Å². The number of rotatable bonds is 3.